The van der Waals surface area contributed by atoms with Gasteiger partial charge >= 0.3 is 46.6 Å². The Bertz CT molecular complexity index is 4640. The summed E-state index contributed by atoms with van der Waals surface area (Å²) in [4.78, 5) is 148. The molecule has 0 unspecified atom stereocenters. The third kappa shape index (κ3) is 22.2. The minimum atomic E-state index is -3.51. The lowest BCUT2D eigenvalue weighted by molar-refractivity contribution is -0.196. The van der Waals surface area contributed by atoms with Gasteiger partial charge in [0.15, 0.2) is 76.3 Å². The Morgan fingerprint density at radius 2 is 0.702 bits per heavy atom. The molecule has 0 saturated carbocycles. The summed E-state index contributed by atoms with van der Waals surface area (Å²) in [6, 6.07) is -4.36. The number of carbonyl (C=O) groups excluding carboxylic acids is 8. The summed E-state index contributed by atoms with van der Waals surface area (Å²) in [5, 5.41) is 40.6. The maximum atomic E-state index is 15.3. The lowest BCUT2D eigenvalue weighted by Crippen LogP contribution is -2.40. The summed E-state index contributed by atoms with van der Waals surface area (Å²) in [5.41, 5.74) is 18.0. The van der Waals surface area contributed by atoms with Crippen molar-refractivity contribution in [2.24, 2.45) is 46.6 Å². The highest BCUT2D eigenvalue weighted by Gasteiger charge is 2.53. The van der Waals surface area contributed by atoms with E-state index in [1.165, 1.54) is 0 Å². The van der Waals surface area contributed by atoms with Gasteiger partial charge in [-0.2, -0.15) is 0 Å². The van der Waals surface area contributed by atoms with Gasteiger partial charge in [0.2, 0.25) is 23.4 Å². The second-order valence-corrected chi connectivity index (χ2v) is 26.5. The molecule has 44 heteroatoms. The predicted molar refractivity (Wildman–Crippen MR) is 359 cm³/mol. The zero-order valence-electron chi connectivity index (χ0n) is 62.1. The van der Waals surface area contributed by atoms with Gasteiger partial charge in [0.1, 0.15) is 67.1 Å². The van der Waals surface area contributed by atoms with E-state index < -0.39 is 207 Å². The normalized spacial score (nSPS) is 29.2. The number of ether oxygens (including phenoxy) is 8. The smallest absolute Gasteiger partial charge is 0.328 e. The molecular formula is C60H80F4N12O24S4. The number of alkyl halides is 4. The number of aromatic amines is 4. The Hall–Kier alpha value is -7.80. The third-order valence-electron chi connectivity index (χ3n) is 15.3. The number of esters is 4. The van der Waals surface area contributed by atoms with Crippen LogP contribution in [0.2, 0.25) is 0 Å². The van der Waals surface area contributed by atoms with Crippen LogP contribution in [0, 0.1) is 42.2 Å². The Labute approximate surface area is 614 Å². The van der Waals surface area contributed by atoms with Crippen LogP contribution in [-0.4, -0.2) is 206 Å². The molecule has 16 N–H and O–H groups in total. The molecule has 4 saturated heterocycles. The third-order valence-corrected chi connectivity index (χ3v) is 16.6. The fraction of sp³-hybridized carbons (Fsp3) is 0.600. The van der Waals surface area contributed by atoms with Crippen molar-refractivity contribution < 1.29 is 122 Å². The number of hydrogen-bond donors (Lipinski definition) is 12. The van der Waals surface area contributed by atoms with E-state index in [1.54, 1.807) is 55.4 Å². The van der Waals surface area contributed by atoms with E-state index >= 15 is 8.78 Å². The van der Waals surface area contributed by atoms with Crippen molar-refractivity contribution in [2.75, 3.05) is 26.3 Å². The number of nitrogens with two attached hydrogens (primary N) is 4. The molecular weight excluding hydrogens is 1480 g/mol. The van der Waals surface area contributed by atoms with Crippen molar-refractivity contribution in [3.63, 3.8) is 0 Å². The molecule has 104 heavy (non-hydrogen) atoms. The van der Waals surface area contributed by atoms with Gasteiger partial charge in [-0.1, -0.05) is 104 Å². The van der Waals surface area contributed by atoms with Crippen LogP contribution in [0.25, 0.3) is 0 Å². The standard InChI is InChI=1S/4C15H20FN3O6S/c4*1-7(2)10(17)13(22)24-6-15(16)3-9(21)12(25-15)19-4-8(5-20)11(26)18-14(19)23/h4*4-5,7,9-10,12,21H,3,6,17H2,1-2H3,(H,18,23,26)/t4*9-,10+,12-,15+/m1111/s1/i6D2,12D;12D;6D2;. The number of aldehydes is 4. The number of rotatable bonds is 24. The van der Waals surface area contributed by atoms with Crippen LogP contribution in [0.4, 0.5) is 17.6 Å². The van der Waals surface area contributed by atoms with Crippen molar-refractivity contribution in [3.05, 3.63) is 108 Å². The topological polar surface area (TPSA) is 547 Å². The Kier molecular flexibility index (Phi) is 27.1. The van der Waals surface area contributed by atoms with Crippen molar-refractivity contribution in [3.8, 4) is 0 Å². The zero-order chi connectivity index (χ0) is 84.0. The highest BCUT2D eigenvalue weighted by atomic mass is 32.1. The first-order valence-corrected chi connectivity index (χ1v) is 32.5. The van der Waals surface area contributed by atoms with E-state index in [9.17, 15) is 86.7 Å². The van der Waals surface area contributed by atoms with Crippen molar-refractivity contribution in [1.29, 1.82) is 0 Å². The summed E-state index contributed by atoms with van der Waals surface area (Å²) >= 11 is 19.2. The number of halogens is 4. The van der Waals surface area contributed by atoms with E-state index in [0.717, 1.165) is 29.4 Å². The number of aliphatic hydroxyl groups is 4. The SMILES string of the molecule is CC(C)[C@H](N)C(=O)OC[C@]1(F)C[C@@H](O)[C@H](n2cc(C=O)c(=S)[nH]c2=O)O1.[2H]C([2H])(OC(=O)[C@@H](N)C(C)C)[C@]1(F)C[C@@H](O)[C@H](n2cc(C=O)c(=S)[nH]c2=O)O1.[2H]C([2H])(OC(=O)[C@@H](N)C(C)C)[C@]1(F)C[C@@H](O)[C@]([2H])(n2cc(C=O)c(=S)[nH]c2=O)O1.[2H][C@@]1(n2cc(C=O)c(=S)[nH]c2=O)O[C@](F)(COC(=O)[C@@H](N)C(C)C)C[C@H]1O. The van der Waals surface area contributed by atoms with Gasteiger partial charge in [-0.05, 0) is 23.7 Å². The van der Waals surface area contributed by atoms with Gasteiger partial charge in [-0.25, -0.2) is 36.7 Å². The lowest BCUT2D eigenvalue weighted by Gasteiger charge is -2.22. The van der Waals surface area contributed by atoms with E-state index in [0.29, 0.717) is 32.6 Å². The molecule has 4 aromatic rings. The molecule has 0 radical (unpaired) electrons. The number of H-pyrrole nitrogens is 4. The van der Waals surface area contributed by atoms with Crippen LogP contribution in [0.15, 0.2) is 44.0 Å². The molecule has 16 atom stereocenters. The van der Waals surface area contributed by atoms with Gasteiger partial charge in [0.05, 0.1) is 30.5 Å². The highest BCUT2D eigenvalue weighted by molar-refractivity contribution is 7.72. The average Bonchev–Trinajstić information content (AvgIpc) is 1.57. The molecule has 8 rings (SSSR count). The minimum Gasteiger partial charge on any atom is -0.458 e. The van der Waals surface area contributed by atoms with Crippen LogP contribution in [0.5, 0.6) is 0 Å². The van der Waals surface area contributed by atoms with Gasteiger partial charge in [-0.3, -0.25) is 76.6 Å². The Morgan fingerprint density at radius 3 is 1.01 bits per heavy atom. The number of aliphatic hydroxyl groups excluding tert-OH is 4. The summed E-state index contributed by atoms with van der Waals surface area (Å²) < 4.78 is 148. The van der Waals surface area contributed by atoms with Crippen molar-refractivity contribution >= 4 is 97.9 Å². The van der Waals surface area contributed by atoms with Crippen molar-refractivity contribution in [2.45, 2.75) is 178 Å². The maximum Gasteiger partial charge on any atom is 0.328 e. The van der Waals surface area contributed by atoms with E-state index in [-0.39, 0.29) is 58.9 Å². The molecule has 4 aliphatic rings. The molecule has 36 nitrogen and oxygen atoms in total. The Morgan fingerprint density at radius 1 is 0.471 bits per heavy atom. The average molecular weight is 1560 g/mol. The fourth-order valence-electron chi connectivity index (χ4n) is 8.98. The first-order chi connectivity index (χ1) is 50.5. The molecule has 0 aromatic carbocycles. The highest BCUT2D eigenvalue weighted by Crippen LogP contribution is 2.41. The summed E-state index contributed by atoms with van der Waals surface area (Å²) in [7, 11) is 0. The second-order valence-electron chi connectivity index (χ2n) is 24.8. The molecule has 0 bridgehead atoms. The zero-order valence-corrected chi connectivity index (χ0v) is 59.4. The quantitative estimate of drug-likeness (QED) is 0.0151. The summed E-state index contributed by atoms with van der Waals surface area (Å²) in [5.74, 6) is -17.4. The molecule has 4 fully saturated rings. The number of nitrogens with zero attached hydrogens (tertiary/aromatic N) is 4. The first-order valence-electron chi connectivity index (χ1n) is 33.8. The van der Waals surface area contributed by atoms with E-state index in [4.69, 9.17) is 108 Å². The molecule has 576 valence electrons. The number of carbonyl (C=O) groups is 8. The molecule has 4 aromatic heterocycles. The monoisotopic (exact) mass is 1560 g/mol. The second kappa shape index (κ2) is 36.5. The number of aromatic nitrogens is 8. The Balaban J connectivity index is 0.000000263. The van der Waals surface area contributed by atoms with Crippen LogP contribution in [-0.2, 0) is 57.1 Å². The predicted octanol–water partition coefficient (Wildman–Crippen LogP) is 0.762. The van der Waals surface area contributed by atoms with Crippen LogP contribution >= 0.6 is 48.9 Å². The van der Waals surface area contributed by atoms with Crippen LogP contribution < -0.4 is 45.7 Å². The van der Waals surface area contributed by atoms with Gasteiger partial charge in [-0.15, -0.1) is 0 Å². The minimum absolute atomic E-state index is 0.0268. The van der Waals surface area contributed by atoms with Gasteiger partial charge < -0.3 is 81.3 Å². The maximum absolute atomic E-state index is 15.3. The summed E-state index contributed by atoms with van der Waals surface area (Å²) in [6.45, 7) is 4.59. The van der Waals surface area contributed by atoms with Crippen LogP contribution in [0.3, 0.4) is 0 Å². The molecule has 0 spiro atoms. The van der Waals surface area contributed by atoms with Gasteiger partial charge in [0.25, 0.3) is 0 Å². The molecule has 0 amide bonds. The molecule has 4 aliphatic heterocycles. The van der Waals surface area contributed by atoms with Crippen molar-refractivity contribution in [1.82, 2.24) is 38.2 Å². The molecule has 8 heterocycles. The van der Waals surface area contributed by atoms with E-state index in [2.05, 4.69) is 29.4 Å². The molecule has 0 aliphatic carbocycles. The largest absolute Gasteiger partial charge is 0.458 e. The fourth-order valence-corrected chi connectivity index (χ4v) is 9.74. The van der Waals surface area contributed by atoms with Crippen LogP contribution in [0.1, 0.15) is 156 Å². The first kappa shape index (κ1) is 77.3. The summed E-state index contributed by atoms with van der Waals surface area (Å²) in [6.07, 6.45) is -14.0. The number of hydrogen-bond acceptors (Lipinski definition) is 32. The number of nitrogens with one attached hydrogen (secondary N) is 4. The van der Waals surface area contributed by atoms with E-state index in [1.807, 2.05) is 0 Å². The lowest BCUT2D eigenvalue weighted by atomic mass is 10.1. The van der Waals surface area contributed by atoms with Gasteiger partial charge in [0, 0.05) is 50.5 Å².